The number of hydrogen-bond donors (Lipinski definition) is 2. The Bertz CT molecular complexity index is 440. The lowest BCUT2D eigenvalue weighted by Gasteiger charge is -2.24. The highest BCUT2D eigenvalue weighted by Crippen LogP contribution is 2.33. The third kappa shape index (κ3) is 2.81. The number of carbonyl (C=O) groups excluding carboxylic acids is 1. The lowest BCUT2D eigenvalue weighted by atomic mass is 9.85. The lowest BCUT2D eigenvalue weighted by Crippen LogP contribution is -2.39. The average molecular weight is 258 g/mol. The van der Waals surface area contributed by atoms with Crippen molar-refractivity contribution in [2.75, 3.05) is 5.32 Å². The van der Waals surface area contributed by atoms with Gasteiger partial charge in [0.1, 0.15) is 0 Å². The maximum atomic E-state index is 12.3. The first kappa shape index (κ1) is 12.7. The number of benzene rings is 1. The zero-order valence-electron chi connectivity index (χ0n) is 11.5. The molecular weight excluding hydrogens is 236 g/mol. The van der Waals surface area contributed by atoms with E-state index in [1.807, 2.05) is 24.3 Å². The van der Waals surface area contributed by atoms with Gasteiger partial charge in [0.15, 0.2) is 0 Å². The SMILES string of the molecule is Cc1ccc(NC(=O)C2CC3CCCCC3N2)cc1. The highest BCUT2D eigenvalue weighted by molar-refractivity contribution is 5.95. The molecule has 1 aliphatic heterocycles. The Balaban J connectivity index is 1.60. The zero-order chi connectivity index (χ0) is 13.2. The summed E-state index contributed by atoms with van der Waals surface area (Å²) in [5.74, 6) is 0.834. The van der Waals surface area contributed by atoms with Gasteiger partial charge in [0.25, 0.3) is 0 Å². The van der Waals surface area contributed by atoms with E-state index in [2.05, 4.69) is 17.6 Å². The molecule has 1 amide bonds. The molecule has 1 heterocycles. The minimum Gasteiger partial charge on any atom is -0.325 e. The van der Waals surface area contributed by atoms with E-state index in [1.165, 1.54) is 31.2 Å². The highest BCUT2D eigenvalue weighted by atomic mass is 16.2. The fraction of sp³-hybridized carbons (Fsp3) is 0.562. The van der Waals surface area contributed by atoms with Crippen LogP contribution >= 0.6 is 0 Å². The topological polar surface area (TPSA) is 41.1 Å². The molecule has 1 saturated heterocycles. The molecule has 3 unspecified atom stereocenters. The standard InChI is InChI=1S/C16H22N2O/c1-11-6-8-13(9-7-11)17-16(19)15-10-12-4-2-3-5-14(12)18-15/h6-9,12,14-15,18H,2-5,10H2,1H3,(H,17,19). The van der Waals surface area contributed by atoms with Gasteiger partial charge in [-0.15, -0.1) is 0 Å². The highest BCUT2D eigenvalue weighted by Gasteiger charge is 2.38. The van der Waals surface area contributed by atoms with Crippen LogP contribution in [0.25, 0.3) is 0 Å². The number of amides is 1. The normalized spacial score (nSPS) is 29.8. The third-order valence-corrected chi connectivity index (χ3v) is 4.50. The van der Waals surface area contributed by atoms with Crippen LogP contribution in [0.1, 0.15) is 37.7 Å². The monoisotopic (exact) mass is 258 g/mol. The van der Waals surface area contributed by atoms with Crippen LogP contribution in [-0.4, -0.2) is 18.0 Å². The molecule has 3 nitrogen and oxygen atoms in total. The first-order valence-electron chi connectivity index (χ1n) is 7.36. The largest absolute Gasteiger partial charge is 0.325 e. The molecule has 3 heteroatoms. The summed E-state index contributed by atoms with van der Waals surface area (Å²) in [6, 6.07) is 8.55. The molecular formula is C16H22N2O. The Kier molecular flexibility index (Phi) is 3.56. The van der Waals surface area contributed by atoms with Crippen molar-refractivity contribution in [3.05, 3.63) is 29.8 Å². The second-order valence-corrected chi connectivity index (χ2v) is 5.96. The number of hydrogen-bond acceptors (Lipinski definition) is 2. The summed E-state index contributed by atoms with van der Waals surface area (Å²) in [6.45, 7) is 2.05. The Labute approximate surface area is 114 Å². The molecule has 102 valence electrons. The molecule has 1 saturated carbocycles. The molecule has 19 heavy (non-hydrogen) atoms. The van der Waals surface area contributed by atoms with Crippen LogP contribution in [0.3, 0.4) is 0 Å². The van der Waals surface area contributed by atoms with Gasteiger partial charge in [0.2, 0.25) is 5.91 Å². The van der Waals surface area contributed by atoms with Crippen molar-refractivity contribution in [1.29, 1.82) is 0 Å². The van der Waals surface area contributed by atoms with Gasteiger partial charge >= 0.3 is 0 Å². The smallest absolute Gasteiger partial charge is 0.241 e. The zero-order valence-corrected chi connectivity index (χ0v) is 11.5. The maximum Gasteiger partial charge on any atom is 0.241 e. The van der Waals surface area contributed by atoms with Crippen LogP contribution in [0.2, 0.25) is 0 Å². The number of anilines is 1. The Morgan fingerprint density at radius 1 is 1.21 bits per heavy atom. The van der Waals surface area contributed by atoms with Gasteiger partial charge in [-0.05, 0) is 44.2 Å². The molecule has 1 aromatic rings. The van der Waals surface area contributed by atoms with E-state index in [0.29, 0.717) is 12.0 Å². The van der Waals surface area contributed by atoms with Crippen LogP contribution < -0.4 is 10.6 Å². The predicted octanol–water partition coefficient (Wildman–Crippen LogP) is 2.85. The summed E-state index contributed by atoms with van der Waals surface area (Å²) >= 11 is 0. The average Bonchev–Trinajstić information content (AvgIpc) is 2.85. The molecule has 0 spiro atoms. The van der Waals surface area contributed by atoms with Gasteiger partial charge in [0.05, 0.1) is 6.04 Å². The lowest BCUT2D eigenvalue weighted by molar-refractivity contribution is -0.117. The summed E-state index contributed by atoms with van der Waals surface area (Å²) in [7, 11) is 0. The van der Waals surface area contributed by atoms with E-state index in [0.717, 1.165) is 12.1 Å². The molecule has 0 aromatic heterocycles. The molecule has 2 N–H and O–H groups in total. The molecule has 2 fully saturated rings. The third-order valence-electron chi connectivity index (χ3n) is 4.50. The molecule has 1 aliphatic carbocycles. The minimum absolute atomic E-state index is 0.00518. The van der Waals surface area contributed by atoms with Gasteiger partial charge in [-0.1, -0.05) is 30.5 Å². The van der Waals surface area contributed by atoms with Crippen LogP contribution in [0, 0.1) is 12.8 Å². The van der Waals surface area contributed by atoms with Gasteiger partial charge in [-0.2, -0.15) is 0 Å². The van der Waals surface area contributed by atoms with Crippen LogP contribution in [0.5, 0.6) is 0 Å². The van der Waals surface area contributed by atoms with Crippen LogP contribution in [-0.2, 0) is 4.79 Å². The molecule has 1 aromatic carbocycles. The van der Waals surface area contributed by atoms with Crippen molar-refractivity contribution < 1.29 is 4.79 Å². The number of rotatable bonds is 2. The number of nitrogens with one attached hydrogen (secondary N) is 2. The Hall–Kier alpha value is -1.35. The number of carbonyl (C=O) groups is 1. The van der Waals surface area contributed by atoms with E-state index in [4.69, 9.17) is 0 Å². The fourth-order valence-corrected chi connectivity index (χ4v) is 3.39. The first-order chi connectivity index (χ1) is 9.22. The summed E-state index contributed by atoms with van der Waals surface area (Å²) in [5, 5.41) is 6.53. The van der Waals surface area contributed by atoms with Crippen molar-refractivity contribution >= 4 is 11.6 Å². The second kappa shape index (κ2) is 5.33. The molecule has 2 aliphatic rings. The van der Waals surface area contributed by atoms with Crippen molar-refractivity contribution in [2.45, 2.75) is 51.1 Å². The maximum absolute atomic E-state index is 12.3. The quantitative estimate of drug-likeness (QED) is 0.856. The van der Waals surface area contributed by atoms with Gasteiger partial charge in [0, 0.05) is 11.7 Å². The van der Waals surface area contributed by atoms with Crippen LogP contribution in [0.4, 0.5) is 5.69 Å². The van der Waals surface area contributed by atoms with E-state index in [9.17, 15) is 4.79 Å². The van der Waals surface area contributed by atoms with Gasteiger partial charge in [-0.25, -0.2) is 0 Å². The first-order valence-corrected chi connectivity index (χ1v) is 7.36. The molecule has 0 bridgehead atoms. The van der Waals surface area contributed by atoms with E-state index >= 15 is 0 Å². The van der Waals surface area contributed by atoms with Crippen molar-refractivity contribution in [2.24, 2.45) is 5.92 Å². The summed E-state index contributed by atoms with van der Waals surface area (Å²) in [5.41, 5.74) is 2.11. The molecule has 3 atom stereocenters. The van der Waals surface area contributed by atoms with Crippen molar-refractivity contribution in [1.82, 2.24) is 5.32 Å². The van der Waals surface area contributed by atoms with Gasteiger partial charge in [-0.3, -0.25) is 4.79 Å². The van der Waals surface area contributed by atoms with E-state index < -0.39 is 0 Å². The van der Waals surface area contributed by atoms with Crippen LogP contribution in [0.15, 0.2) is 24.3 Å². The number of fused-ring (bicyclic) bond motifs is 1. The van der Waals surface area contributed by atoms with Crippen molar-refractivity contribution in [3.63, 3.8) is 0 Å². The van der Waals surface area contributed by atoms with Gasteiger partial charge < -0.3 is 10.6 Å². The van der Waals surface area contributed by atoms with Crippen molar-refractivity contribution in [3.8, 4) is 0 Å². The molecule has 3 rings (SSSR count). The molecule has 0 radical (unpaired) electrons. The minimum atomic E-state index is -0.00518. The summed E-state index contributed by atoms with van der Waals surface area (Å²) < 4.78 is 0. The number of aryl methyl sites for hydroxylation is 1. The summed E-state index contributed by atoms with van der Waals surface area (Å²) in [4.78, 5) is 12.3. The van der Waals surface area contributed by atoms with E-state index in [-0.39, 0.29) is 11.9 Å². The Morgan fingerprint density at radius 3 is 2.68 bits per heavy atom. The predicted molar refractivity (Wildman–Crippen MR) is 77.1 cm³/mol. The summed E-state index contributed by atoms with van der Waals surface area (Å²) in [6.07, 6.45) is 6.16. The second-order valence-electron chi connectivity index (χ2n) is 5.96. The Morgan fingerprint density at radius 2 is 1.95 bits per heavy atom. The fourth-order valence-electron chi connectivity index (χ4n) is 3.39. The van der Waals surface area contributed by atoms with E-state index in [1.54, 1.807) is 0 Å².